The summed E-state index contributed by atoms with van der Waals surface area (Å²) in [4.78, 5) is 0. The van der Waals surface area contributed by atoms with E-state index in [-0.39, 0.29) is 0 Å². The molecule has 0 saturated carbocycles. The topological polar surface area (TPSA) is 30.5 Å². The van der Waals surface area contributed by atoms with E-state index in [0.717, 1.165) is 25.3 Å². The molecule has 2 aromatic rings. The second-order valence-corrected chi connectivity index (χ2v) is 5.95. The molecule has 0 fully saturated rings. The van der Waals surface area contributed by atoms with E-state index in [1.807, 2.05) is 19.1 Å². The predicted octanol–water partition coefficient (Wildman–Crippen LogP) is 4.65. The summed E-state index contributed by atoms with van der Waals surface area (Å²) in [6, 6.07) is 17.4. The third-order valence-electron chi connectivity index (χ3n) is 4.03. The van der Waals surface area contributed by atoms with E-state index in [1.54, 1.807) is 0 Å². The first kappa shape index (κ1) is 18.5. The molecule has 0 aliphatic carbocycles. The maximum Gasteiger partial charge on any atom is 0.119 e. The summed E-state index contributed by atoms with van der Waals surface area (Å²) in [6.45, 7) is 9.17. The largest absolute Gasteiger partial charge is 0.491 e. The molecule has 2 rings (SSSR count). The molecule has 0 spiro atoms. The van der Waals surface area contributed by atoms with Gasteiger partial charge < -0.3 is 14.8 Å². The molecule has 0 bridgehead atoms. The summed E-state index contributed by atoms with van der Waals surface area (Å²) in [6.07, 6.45) is 1.05. The molecule has 130 valence electrons. The summed E-state index contributed by atoms with van der Waals surface area (Å²) in [7, 11) is 0. The molecule has 0 aliphatic heterocycles. The van der Waals surface area contributed by atoms with Crippen molar-refractivity contribution < 1.29 is 9.47 Å². The van der Waals surface area contributed by atoms with Crippen LogP contribution in [0.2, 0.25) is 0 Å². The average molecular weight is 327 g/mol. The van der Waals surface area contributed by atoms with Gasteiger partial charge in [0, 0.05) is 19.2 Å². The van der Waals surface area contributed by atoms with Crippen LogP contribution in [0.15, 0.2) is 48.5 Å². The summed E-state index contributed by atoms with van der Waals surface area (Å²) >= 11 is 0. The van der Waals surface area contributed by atoms with Gasteiger partial charge in [-0.15, -0.1) is 0 Å². The Hall–Kier alpha value is -1.84. The van der Waals surface area contributed by atoms with Gasteiger partial charge in [0.25, 0.3) is 0 Å². The standard InChI is InChI=1S/C21H29NO2/c1-4-21(22-16-18-8-6-7-17(3)15-18)19-9-11-20(12-10-19)24-14-13-23-5-2/h6-12,15,21-22H,4-5,13-14,16H2,1-3H3. The maximum atomic E-state index is 5.67. The highest BCUT2D eigenvalue weighted by Gasteiger charge is 2.09. The molecule has 1 N–H and O–H groups in total. The van der Waals surface area contributed by atoms with E-state index in [9.17, 15) is 0 Å². The molecule has 0 saturated heterocycles. The first-order chi connectivity index (χ1) is 11.7. The van der Waals surface area contributed by atoms with Crippen LogP contribution in [-0.4, -0.2) is 19.8 Å². The maximum absolute atomic E-state index is 5.67. The monoisotopic (exact) mass is 327 g/mol. The fourth-order valence-electron chi connectivity index (χ4n) is 2.72. The summed E-state index contributed by atoms with van der Waals surface area (Å²) < 4.78 is 11.0. The van der Waals surface area contributed by atoms with Gasteiger partial charge in [-0.25, -0.2) is 0 Å². The molecule has 1 unspecified atom stereocenters. The lowest BCUT2D eigenvalue weighted by Gasteiger charge is -2.18. The molecule has 0 amide bonds. The molecule has 2 aromatic carbocycles. The Morgan fingerprint density at radius 2 is 1.79 bits per heavy atom. The van der Waals surface area contributed by atoms with Crippen LogP contribution in [-0.2, 0) is 11.3 Å². The number of rotatable bonds is 10. The molecule has 1 atom stereocenters. The number of aryl methyl sites for hydroxylation is 1. The van der Waals surface area contributed by atoms with Gasteiger partial charge in [0.15, 0.2) is 0 Å². The highest BCUT2D eigenvalue weighted by molar-refractivity contribution is 5.29. The Bertz CT molecular complexity index is 595. The quantitative estimate of drug-likeness (QED) is 0.644. The van der Waals surface area contributed by atoms with Crippen molar-refractivity contribution in [1.29, 1.82) is 0 Å². The van der Waals surface area contributed by atoms with Crippen LogP contribution >= 0.6 is 0 Å². The second kappa shape index (κ2) is 10.1. The minimum atomic E-state index is 0.350. The molecular weight excluding hydrogens is 298 g/mol. The number of ether oxygens (including phenoxy) is 2. The Kier molecular flexibility index (Phi) is 7.80. The molecule has 24 heavy (non-hydrogen) atoms. The smallest absolute Gasteiger partial charge is 0.119 e. The van der Waals surface area contributed by atoms with Gasteiger partial charge in [0.1, 0.15) is 12.4 Å². The fraction of sp³-hybridized carbons (Fsp3) is 0.429. The van der Waals surface area contributed by atoms with E-state index < -0.39 is 0 Å². The van der Waals surface area contributed by atoms with Crippen LogP contribution in [0.5, 0.6) is 5.75 Å². The highest BCUT2D eigenvalue weighted by atomic mass is 16.5. The van der Waals surface area contributed by atoms with E-state index >= 15 is 0 Å². The lowest BCUT2D eigenvalue weighted by Crippen LogP contribution is -2.20. The Balaban J connectivity index is 1.87. The average Bonchev–Trinajstić information content (AvgIpc) is 2.60. The molecule has 3 nitrogen and oxygen atoms in total. The summed E-state index contributed by atoms with van der Waals surface area (Å²) in [5.41, 5.74) is 3.92. The van der Waals surface area contributed by atoms with Gasteiger partial charge in [0.05, 0.1) is 6.61 Å². The van der Waals surface area contributed by atoms with Crippen molar-refractivity contribution in [2.75, 3.05) is 19.8 Å². The summed E-state index contributed by atoms with van der Waals surface area (Å²) in [5, 5.41) is 3.65. The van der Waals surface area contributed by atoms with Crippen molar-refractivity contribution in [3.8, 4) is 5.75 Å². The second-order valence-electron chi connectivity index (χ2n) is 5.95. The van der Waals surface area contributed by atoms with Gasteiger partial charge in [-0.2, -0.15) is 0 Å². The normalized spacial score (nSPS) is 12.1. The zero-order valence-corrected chi connectivity index (χ0v) is 15.0. The SMILES string of the molecule is CCOCCOc1ccc(C(CC)NCc2cccc(C)c2)cc1. The van der Waals surface area contributed by atoms with Crippen LogP contribution < -0.4 is 10.1 Å². The van der Waals surface area contributed by atoms with Crippen LogP contribution in [0.4, 0.5) is 0 Å². The first-order valence-corrected chi connectivity index (χ1v) is 8.82. The van der Waals surface area contributed by atoms with Crippen molar-refractivity contribution in [3.05, 3.63) is 65.2 Å². The van der Waals surface area contributed by atoms with Crippen LogP contribution in [0, 0.1) is 6.92 Å². The molecular formula is C21H29NO2. The van der Waals surface area contributed by atoms with E-state index in [2.05, 4.69) is 55.6 Å². The van der Waals surface area contributed by atoms with Crippen molar-refractivity contribution in [1.82, 2.24) is 5.32 Å². The molecule has 0 heterocycles. The van der Waals surface area contributed by atoms with E-state index in [1.165, 1.54) is 16.7 Å². The van der Waals surface area contributed by atoms with Crippen molar-refractivity contribution >= 4 is 0 Å². The van der Waals surface area contributed by atoms with Gasteiger partial charge in [-0.3, -0.25) is 0 Å². The summed E-state index contributed by atoms with van der Waals surface area (Å²) in [5.74, 6) is 0.895. The van der Waals surface area contributed by atoms with Crippen molar-refractivity contribution in [3.63, 3.8) is 0 Å². The van der Waals surface area contributed by atoms with Crippen LogP contribution in [0.3, 0.4) is 0 Å². The fourth-order valence-corrected chi connectivity index (χ4v) is 2.72. The Morgan fingerprint density at radius 1 is 1.00 bits per heavy atom. The number of hydrogen-bond donors (Lipinski definition) is 1. The zero-order chi connectivity index (χ0) is 17.2. The number of benzene rings is 2. The molecule has 0 aromatic heterocycles. The van der Waals surface area contributed by atoms with Crippen molar-refractivity contribution in [2.24, 2.45) is 0 Å². The predicted molar refractivity (Wildman–Crippen MR) is 99.5 cm³/mol. The number of nitrogens with one attached hydrogen (secondary N) is 1. The van der Waals surface area contributed by atoms with Crippen molar-refractivity contribution in [2.45, 2.75) is 39.8 Å². The van der Waals surface area contributed by atoms with Crippen LogP contribution in [0.25, 0.3) is 0 Å². The van der Waals surface area contributed by atoms with Gasteiger partial charge in [0.2, 0.25) is 0 Å². The highest BCUT2D eigenvalue weighted by Crippen LogP contribution is 2.21. The molecule has 0 radical (unpaired) electrons. The lowest BCUT2D eigenvalue weighted by molar-refractivity contribution is 0.110. The zero-order valence-electron chi connectivity index (χ0n) is 15.0. The third kappa shape index (κ3) is 5.99. The molecule has 3 heteroatoms. The van der Waals surface area contributed by atoms with Gasteiger partial charge in [-0.05, 0) is 43.5 Å². The molecule has 0 aliphatic rings. The minimum absolute atomic E-state index is 0.350. The first-order valence-electron chi connectivity index (χ1n) is 8.82. The Labute approximate surface area is 146 Å². The van der Waals surface area contributed by atoms with E-state index in [0.29, 0.717) is 19.3 Å². The Morgan fingerprint density at radius 3 is 2.46 bits per heavy atom. The van der Waals surface area contributed by atoms with Gasteiger partial charge >= 0.3 is 0 Å². The van der Waals surface area contributed by atoms with Crippen LogP contribution in [0.1, 0.15) is 43.0 Å². The van der Waals surface area contributed by atoms with Gasteiger partial charge in [-0.1, -0.05) is 48.9 Å². The lowest BCUT2D eigenvalue weighted by atomic mass is 10.0. The minimum Gasteiger partial charge on any atom is -0.491 e. The van der Waals surface area contributed by atoms with E-state index in [4.69, 9.17) is 9.47 Å². The number of hydrogen-bond acceptors (Lipinski definition) is 3. The third-order valence-corrected chi connectivity index (χ3v) is 4.03.